The minimum atomic E-state index is -0.940. The third kappa shape index (κ3) is 3.78. The molecule has 1 aromatic heterocycles. The molecule has 0 fully saturated rings. The van der Waals surface area contributed by atoms with Crippen LogP contribution in [0.25, 0.3) is 10.2 Å². The lowest BCUT2D eigenvalue weighted by atomic mass is 10.2. The van der Waals surface area contributed by atoms with Crippen LogP contribution in [-0.4, -0.2) is 35.6 Å². The standard InChI is InChI=1S/C20H21N3O3S/c1-4-15(19(25)26)23-16-7-5-6-8-17(16)27-20(23)21-18(24)13-9-11-14(12-10-13)22(2)3/h5-12,15H,4H2,1-3H3,(H,25,26). The minimum Gasteiger partial charge on any atom is -0.480 e. The number of carbonyl (C=O) groups is 2. The van der Waals surface area contributed by atoms with Gasteiger partial charge in [0.2, 0.25) is 0 Å². The molecular weight excluding hydrogens is 362 g/mol. The highest BCUT2D eigenvalue weighted by Gasteiger charge is 2.22. The topological polar surface area (TPSA) is 74.9 Å². The quantitative estimate of drug-likeness (QED) is 0.731. The van der Waals surface area contributed by atoms with E-state index in [1.165, 1.54) is 11.3 Å². The average Bonchev–Trinajstić information content (AvgIpc) is 3.00. The Morgan fingerprint density at radius 1 is 1.15 bits per heavy atom. The van der Waals surface area contributed by atoms with Crippen molar-refractivity contribution in [1.29, 1.82) is 0 Å². The molecule has 0 bridgehead atoms. The zero-order valence-corrected chi connectivity index (χ0v) is 16.2. The Balaban J connectivity index is 2.12. The summed E-state index contributed by atoms with van der Waals surface area (Å²) in [5.74, 6) is -1.33. The van der Waals surface area contributed by atoms with Crippen molar-refractivity contribution in [3.05, 3.63) is 58.9 Å². The van der Waals surface area contributed by atoms with E-state index in [4.69, 9.17) is 0 Å². The van der Waals surface area contributed by atoms with Gasteiger partial charge < -0.3 is 14.6 Å². The zero-order valence-electron chi connectivity index (χ0n) is 15.4. The van der Waals surface area contributed by atoms with E-state index in [0.29, 0.717) is 16.8 Å². The molecule has 0 aliphatic heterocycles. The first kappa shape index (κ1) is 18.8. The number of aliphatic carboxylic acids is 1. The van der Waals surface area contributed by atoms with Crippen LogP contribution in [0.1, 0.15) is 29.7 Å². The van der Waals surface area contributed by atoms with Crippen LogP contribution in [0.5, 0.6) is 0 Å². The van der Waals surface area contributed by atoms with Gasteiger partial charge in [-0.3, -0.25) is 4.79 Å². The summed E-state index contributed by atoms with van der Waals surface area (Å²) in [6.45, 7) is 1.81. The van der Waals surface area contributed by atoms with Crippen molar-refractivity contribution in [2.45, 2.75) is 19.4 Å². The van der Waals surface area contributed by atoms with E-state index in [1.54, 1.807) is 16.7 Å². The molecule has 6 nitrogen and oxygen atoms in total. The minimum absolute atomic E-state index is 0.388. The molecule has 0 saturated heterocycles. The molecule has 3 rings (SSSR count). The average molecular weight is 383 g/mol. The molecule has 140 valence electrons. The predicted molar refractivity (Wildman–Crippen MR) is 107 cm³/mol. The number of thiazole rings is 1. The van der Waals surface area contributed by atoms with Crippen molar-refractivity contribution in [3.63, 3.8) is 0 Å². The van der Waals surface area contributed by atoms with Crippen molar-refractivity contribution in [2.24, 2.45) is 4.99 Å². The number of aromatic nitrogens is 1. The van der Waals surface area contributed by atoms with Crippen LogP contribution in [0.15, 0.2) is 53.5 Å². The fourth-order valence-corrected chi connectivity index (χ4v) is 3.96. The van der Waals surface area contributed by atoms with Crippen molar-refractivity contribution < 1.29 is 14.7 Å². The number of nitrogens with zero attached hydrogens (tertiary/aromatic N) is 3. The van der Waals surface area contributed by atoms with Gasteiger partial charge in [-0.2, -0.15) is 4.99 Å². The molecule has 0 spiro atoms. The van der Waals surface area contributed by atoms with E-state index in [2.05, 4.69) is 4.99 Å². The molecule has 1 unspecified atom stereocenters. The smallest absolute Gasteiger partial charge is 0.326 e. The molecular formula is C20H21N3O3S. The molecule has 3 aromatic rings. The highest BCUT2D eigenvalue weighted by Crippen LogP contribution is 2.22. The highest BCUT2D eigenvalue weighted by atomic mass is 32.1. The van der Waals surface area contributed by atoms with Crippen molar-refractivity contribution in [3.8, 4) is 0 Å². The second-order valence-corrected chi connectivity index (χ2v) is 7.35. The van der Waals surface area contributed by atoms with E-state index in [9.17, 15) is 14.7 Å². The van der Waals surface area contributed by atoms with E-state index in [-0.39, 0.29) is 5.91 Å². The first-order chi connectivity index (χ1) is 12.9. The maximum atomic E-state index is 12.7. The van der Waals surface area contributed by atoms with Gasteiger partial charge in [0.05, 0.1) is 10.2 Å². The van der Waals surface area contributed by atoms with Gasteiger partial charge in [-0.25, -0.2) is 4.79 Å². The number of fused-ring (bicyclic) bond motifs is 1. The number of benzene rings is 2. The van der Waals surface area contributed by atoms with Gasteiger partial charge >= 0.3 is 5.97 Å². The zero-order chi connectivity index (χ0) is 19.6. The molecule has 7 heteroatoms. The monoisotopic (exact) mass is 383 g/mol. The van der Waals surface area contributed by atoms with E-state index >= 15 is 0 Å². The number of amides is 1. The lowest BCUT2D eigenvalue weighted by molar-refractivity contribution is -0.140. The van der Waals surface area contributed by atoms with Gasteiger partial charge in [-0.15, -0.1) is 0 Å². The molecule has 0 aliphatic carbocycles. The van der Waals surface area contributed by atoms with Gasteiger partial charge in [0.25, 0.3) is 5.91 Å². The Morgan fingerprint density at radius 3 is 2.41 bits per heavy atom. The van der Waals surface area contributed by atoms with Crippen molar-refractivity contribution in [2.75, 3.05) is 19.0 Å². The summed E-state index contributed by atoms with van der Waals surface area (Å²) < 4.78 is 2.54. The Morgan fingerprint density at radius 2 is 1.81 bits per heavy atom. The molecule has 1 atom stereocenters. The lowest BCUT2D eigenvalue weighted by Gasteiger charge is -2.13. The molecule has 27 heavy (non-hydrogen) atoms. The number of anilines is 1. The van der Waals surface area contributed by atoms with E-state index < -0.39 is 12.0 Å². The Kier molecular flexibility index (Phi) is 5.41. The Hall–Kier alpha value is -2.93. The van der Waals surface area contributed by atoms with Gasteiger partial charge in [0.15, 0.2) is 4.80 Å². The van der Waals surface area contributed by atoms with Gasteiger partial charge in [-0.05, 0) is 42.8 Å². The van der Waals surface area contributed by atoms with Crippen LogP contribution in [0.4, 0.5) is 5.69 Å². The van der Waals surface area contributed by atoms with Crippen LogP contribution in [0.2, 0.25) is 0 Å². The summed E-state index contributed by atoms with van der Waals surface area (Å²) >= 11 is 1.32. The maximum Gasteiger partial charge on any atom is 0.326 e. The second kappa shape index (κ2) is 7.75. The molecule has 0 radical (unpaired) electrons. The SMILES string of the molecule is CCC(C(=O)O)n1c(=NC(=O)c2ccc(N(C)C)cc2)sc2ccccc21. The van der Waals surface area contributed by atoms with Crippen LogP contribution < -0.4 is 9.70 Å². The normalized spacial score (nSPS) is 12.9. The number of hydrogen-bond acceptors (Lipinski definition) is 4. The van der Waals surface area contributed by atoms with Crippen LogP contribution in [0.3, 0.4) is 0 Å². The fourth-order valence-electron chi connectivity index (χ4n) is 2.89. The highest BCUT2D eigenvalue weighted by molar-refractivity contribution is 7.16. The molecule has 1 heterocycles. The summed E-state index contributed by atoms with van der Waals surface area (Å²) in [5.41, 5.74) is 2.22. The number of carbonyl (C=O) groups excluding carboxylic acids is 1. The molecule has 0 saturated carbocycles. The fraction of sp³-hybridized carbons (Fsp3) is 0.250. The number of carboxylic acids is 1. The first-order valence-corrected chi connectivity index (χ1v) is 9.43. The Bertz CT molecular complexity index is 1050. The summed E-state index contributed by atoms with van der Waals surface area (Å²) in [6, 6.07) is 13.9. The van der Waals surface area contributed by atoms with Crippen LogP contribution in [0, 0.1) is 0 Å². The number of para-hydroxylation sites is 1. The Labute approximate surface area is 161 Å². The second-order valence-electron chi connectivity index (χ2n) is 6.34. The summed E-state index contributed by atoms with van der Waals surface area (Å²) in [6.07, 6.45) is 0.398. The third-order valence-electron chi connectivity index (χ3n) is 4.34. The maximum absolute atomic E-state index is 12.7. The van der Waals surface area contributed by atoms with Gasteiger partial charge in [-0.1, -0.05) is 30.4 Å². The largest absolute Gasteiger partial charge is 0.480 e. The molecule has 1 N–H and O–H groups in total. The van der Waals surface area contributed by atoms with Gasteiger partial charge in [0, 0.05) is 25.3 Å². The van der Waals surface area contributed by atoms with E-state index in [1.807, 2.05) is 62.3 Å². The molecule has 2 aromatic carbocycles. The molecule has 0 aliphatic rings. The number of carboxylic acid groups (broad SMARTS) is 1. The van der Waals surface area contributed by atoms with Crippen LogP contribution in [-0.2, 0) is 4.79 Å². The predicted octanol–water partition coefficient (Wildman–Crippen LogP) is 3.55. The van der Waals surface area contributed by atoms with Crippen molar-refractivity contribution in [1.82, 2.24) is 4.57 Å². The first-order valence-electron chi connectivity index (χ1n) is 8.61. The van der Waals surface area contributed by atoms with Crippen molar-refractivity contribution >= 4 is 39.1 Å². The lowest BCUT2D eigenvalue weighted by Crippen LogP contribution is -2.27. The van der Waals surface area contributed by atoms with Crippen LogP contribution >= 0.6 is 11.3 Å². The number of rotatable bonds is 5. The van der Waals surface area contributed by atoms with Gasteiger partial charge in [0.1, 0.15) is 6.04 Å². The number of hydrogen-bond donors (Lipinski definition) is 1. The summed E-state index contributed by atoms with van der Waals surface area (Å²) in [7, 11) is 3.86. The summed E-state index contributed by atoms with van der Waals surface area (Å²) in [5, 5.41) is 9.62. The third-order valence-corrected chi connectivity index (χ3v) is 5.38. The summed E-state index contributed by atoms with van der Waals surface area (Å²) in [4.78, 5) is 31.0. The van der Waals surface area contributed by atoms with E-state index in [0.717, 1.165) is 15.9 Å². The molecule has 1 amide bonds.